The molecule has 6 rings (SSSR count). The molecule has 1 aliphatic carbocycles. The maximum Gasteiger partial charge on any atom is 0.255 e. The molecule has 1 saturated carbocycles. The van der Waals surface area contributed by atoms with Crippen LogP contribution in [-0.2, 0) is 20.9 Å². The second-order valence-electron chi connectivity index (χ2n) is 9.37. The summed E-state index contributed by atoms with van der Waals surface area (Å²) in [6.45, 7) is 2.41. The Morgan fingerprint density at radius 2 is 1.92 bits per heavy atom. The predicted octanol–water partition coefficient (Wildman–Crippen LogP) is 3.25. The maximum atomic E-state index is 13.0. The third-order valence-corrected chi connectivity index (χ3v) is 7.64. The zero-order valence-corrected chi connectivity index (χ0v) is 20.5. The number of amides is 4. The van der Waals surface area contributed by atoms with Gasteiger partial charge in [-0.1, -0.05) is 17.7 Å². The number of nitrogens with two attached hydrogens (primary N) is 1. The summed E-state index contributed by atoms with van der Waals surface area (Å²) in [5, 5.41) is 4.03. The molecular weight excluding hydrogens is 482 g/mol. The van der Waals surface area contributed by atoms with E-state index in [1.54, 1.807) is 4.90 Å². The lowest BCUT2D eigenvalue weighted by Crippen LogP contribution is -2.52. The fourth-order valence-electron chi connectivity index (χ4n) is 5.30. The molecule has 0 radical (unpaired) electrons. The first-order valence-corrected chi connectivity index (χ1v) is 12.3. The number of nitrogens with one attached hydrogen (secondary N) is 1. The molecule has 10 heteroatoms. The van der Waals surface area contributed by atoms with Crippen LogP contribution >= 0.6 is 11.6 Å². The summed E-state index contributed by atoms with van der Waals surface area (Å²) >= 11 is 6.64. The summed E-state index contributed by atoms with van der Waals surface area (Å²) in [7, 11) is 0. The van der Waals surface area contributed by atoms with Crippen molar-refractivity contribution in [2.24, 2.45) is 5.73 Å². The molecule has 4 heterocycles. The lowest BCUT2D eigenvalue weighted by molar-refractivity contribution is -0.136. The third-order valence-electron chi connectivity index (χ3n) is 7.36. The van der Waals surface area contributed by atoms with Crippen LogP contribution in [0.15, 0.2) is 30.6 Å². The van der Waals surface area contributed by atoms with Crippen LogP contribution in [-0.4, -0.2) is 44.6 Å². The van der Waals surface area contributed by atoms with Gasteiger partial charge in [0.05, 0.1) is 5.02 Å². The lowest BCUT2D eigenvalue weighted by atomic mass is 9.93. The minimum Gasteiger partial charge on any atom is -0.372 e. The van der Waals surface area contributed by atoms with Crippen LogP contribution in [0.3, 0.4) is 0 Å². The molecule has 3 N–H and O–H groups in total. The highest BCUT2D eigenvalue weighted by atomic mass is 35.5. The Bertz CT molecular complexity index is 1410. The SMILES string of the molecule is Cc1c(-c2ccc3c(c2)CN(C2CCC(=O)NC2=O)C3=O)cnc2c1c(Cl)cn2C1CCC1.NC=O. The van der Waals surface area contributed by atoms with E-state index in [4.69, 9.17) is 21.4 Å². The van der Waals surface area contributed by atoms with Gasteiger partial charge in [0.15, 0.2) is 0 Å². The Hall–Kier alpha value is -3.72. The van der Waals surface area contributed by atoms with Crippen LogP contribution in [0.2, 0.25) is 5.02 Å². The minimum absolute atomic E-state index is 0.169. The van der Waals surface area contributed by atoms with Crippen LogP contribution in [0.1, 0.15) is 59.6 Å². The van der Waals surface area contributed by atoms with E-state index in [2.05, 4.69) is 22.5 Å². The normalized spacial score (nSPS) is 19.4. The van der Waals surface area contributed by atoms with Crippen molar-refractivity contribution in [3.63, 3.8) is 0 Å². The van der Waals surface area contributed by atoms with Crippen molar-refractivity contribution in [3.8, 4) is 11.1 Å². The highest BCUT2D eigenvalue weighted by Gasteiger charge is 2.39. The van der Waals surface area contributed by atoms with Gasteiger partial charge in [0.1, 0.15) is 11.7 Å². The standard InChI is InChI=1S/C25H23ClN4O3.CH3NO/c1-13-18(10-27-23-22(13)19(26)12-29(23)16-3-2-4-16)14-5-6-17-15(9-14)11-30(25(17)33)20-7-8-21(31)28-24(20)32;2-1-3/h5-6,9-10,12,16,20H,2-4,7-8,11H2,1H3,(H,28,31,32);1H,(H2,2,3). The van der Waals surface area contributed by atoms with Crippen LogP contribution in [0.4, 0.5) is 0 Å². The van der Waals surface area contributed by atoms with E-state index >= 15 is 0 Å². The Balaban J connectivity index is 0.000000848. The summed E-state index contributed by atoms with van der Waals surface area (Å²) in [4.78, 5) is 51.7. The Kier molecular flexibility index (Phi) is 6.26. The number of hydrogen-bond acceptors (Lipinski definition) is 5. The number of aryl methyl sites for hydroxylation is 1. The zero-order chi connectivity index (χ0) is 25.6. The number of rotatable bonds is 3. The molecule has 2 fully saturated rings. The second-order valence-corrected chi connectivity index (χ2v) is 9.78. The van der Waals surface area contributed by atoms with Gasteiger partial charge in [-0.05, 0) is 61.4 Å². The van der Waals surface area contributed by atoms with E-state index < -0.39 is 11.9 Å². The molecule has 1 aromatic carbocycles. The number of primary amides is 1. The monoisotopic (exact) mass is 507 g/mol. The molecule has 1 unspecified atom stereocenters. The minimum atomic E-state index is -0.615. The molecule has 2 aromatic heterocycles. The maximum absolute atomic E-state index is 13.0. The number of halogens is 1. The molecule has 4 amide bonds. The summed E-state index contributed by atoms with van der Waals surface area (Å²) in [5.74, 6) is -0.855. The lowest BCUT2D eigenvalue weighted by Gasteiger charge is -2.29. The van der Waals surface area contributed by atoms with Gasteiger partial charge in [-0.15, -0.1) is 0 Å². The van der Waals surface area contributed by atoms with Crippen molar-refractivity contribution in [1.29, 1.82) is 0 Å². The van der Waals surface area contributed by atoms with Crippen molar-refractivity contribution < 1.29 is 19.2 Å². The fourth-order valence-corrected chi connectivity index (χ4v) is 5.63. The van der Waals surface area contributed by atoms with Gasteiger partial charge in [-0.2, -0.15) is 0 Å². The Morgan fingerprint density at radius 1 is 1.17 bits per heavy atom. The molecule has 3 aromatic rings. The number of benzene rings is 1. The van der Waals surface area contributed by atoms with Gasteiger partial charge in [-0.3, -0.25) is 24.5 Å². The molecule has 0 spiro atoms. The number of nitrogens with zero attached hydrogens (tertiary/aromatic N) is 3. The van der Waals surface area contributed by atoms with Crippen LogP contribution in [0, 0.1) is 6.92 Å². The van der Waals surface area contributed by atoms with E-state index in [0.29, 0.717) is 29.6 Å². The second kappa shape index (κ2) is 9.39. The molecule has 36 heavy (non-hydrogen) atoms. The van der Waals surface area contributed by atoms with E-state index in [9.17, 15) is 14.4 Å². The molecule has 9 nitrogen and oxygen atoms in total. The number of carbonyl (C=O) groups excluding carboxylic acids is 4. The van der Waals surface area contributed by atoms with Crippen LogP contribution in [0.5, 0.6) is 0 Å². The first kappa shape index (κ1) is 24.0. The number of hydrogen-bond donors (Lipinski definition) is 2. The smallest absolute Gasteiger partial charge is 0.255 e. The van der Waals surface area contributed by atoms with Crippen molar-refractivity contribution in [3.05, 3.63) is 52.3 Å². The molecule has 0 bridgehead atoms. The van der Waals surface area contributed by atoms with Gasteiger partial charge >= 0.3 is 0 Å². The van der Waals surface area contributed by atoms with Gasteiger partial charge in [0.25, 0.3) is 5.91 Å². The number of piperidine rings is 1. The van der Waals surface area contributed by atoms with Crippen molar-refractivity contribution in [2.45, 2.75) is 57.7 Å². The molecule has 2 aliphatic heterocycles. The van der Waals surface area contributed by atoms with E-state index in [-0.39, 0.29) is 24.6 Å². The highest BCUT2D eigenvalue weighted by Crippen LogP contribution is 2.40. The van der Waals surface area contributed by atoms with Crippen molar-refractivity contribution in [2.75, 3.05) is 0 Å². The van der Waals surface area contributed by atoms with Crippen molar-refractivity contribution in [1.82, 2.24) is 19.8 Å². The summed E-state index contributed by atoms with van der Waals surface area (Å²) in [5.41, 5.74) is 9.57. The van der Waals surface area contributed by atoms with Crippen LogP contribution in [0.25, 0.3) is 22.2 Å². The summed E-state index contributed by atoms with van der Waals surface area (Å²) in [6, 6.07) is 5.62. The Labute approximate surface area is 212 Å². The highest BCUT2D eigenvalue weighted by molar-refractivity contribution is 6.36. The van der Waals surface area contributed by atoms with Gasteiger partial charge in [0.2, 0.25) is 18.2 Å². The third kappa shape index (κ3) is 3.93. The first-order chi connectivity index (χ1) is 17.3. The molecule has 186 valence electrons. The fraction of sp³-hybridized carbons (Fsp3) is 0.346. The molecular formula is C26H26ClN5O4. The number of aromatic nitrogens is 2. The quantitative estimate of drug-likeness (QED) is 0.415. The van der Waals surface area contributed by atoms with Gasteiger partial charge in [0, 0.05) is 47.9 Å². The van der Waals surface area contributed by atoms with Crippen molar-refractivity contribution >= 4 is 46.8 Å². The largest absolute Gasteiger partial charge is 0.372 e. The van der Waals surface area contributed by atoms with Gasteiger partial charge in [-0.25, -0.2) is 4.98 Å². The summed E-state index contributed by atoms with van der Waals surface area (Å²) < 4.78 is 2.21. The summed E-state index contributed by atoms with van der Waals surface area (Å²) in [6.07, 6.45) is 8.29. The van der Waals surface area contributed by atoms with E-state index in [1.165, 1.54) is 6.42 Å². The number of pyridine rings is 1. The average molecular weight is 508 g/mol. The number of fused-ring (bicyclic) bond motifs is 2. The van der Waals surface area contributed by atoms with Crippen LogP contribution < -0.4 is 11.1 Å². The first-order valence-electron chi connectivity index (χ1n) is 11.9. The number of imide groups is 1. The molecule has 1 saturated heterocycles. The predicted molar refractivity (Wildman–Crippen MR) is 134 cm³/mol. The van der Waals surface area contributed by atoms with Gasteiger partial charge < -0.3 is 15.2 Å². The molecule has 3 aliphatic rings. The topological polar surface area (TPSA) is 127 Å². The zero-order valence-electron chi connectivity index (χ0n) is 19.8. The van der Waals surface area contributed by atoms with E-state index in [1.807, 2.05) is 30.6 Å². The number of carbonyl (C=O) groups is 4. The Morgan fingerprint density at radius 3 is 2.58 bits per heavy atom. The average Bonchev–Trinajstić information content (AvgIpc) is 3.30. The molecule has 1 atom stereocenters. The van der Waals surface area contributed by atoms with E-state index in [0.717, 1.165) is 46.1 Å².